The van der Waals surface area contributed by atoms with E-state index in [1.54, 1.807) is 42.5 Å². The van der Waals surface area contributed by atoms with Gasteiger partial charge >= 0.3 is 0 Å². The van der Waals surface area contributed by atoms with Gasteiger partial charge in [-0.25, -0.2) is 13.4 Å². The van der Waals surface area contributed by atoms with E-state index < -0.39 is 10.0 Å². The van der Waals surface area contributed by atoms with Gasteiger partial charge in [0.2, 0.25) is 15.9 Å². The number of rotatable bonds is 8. The predicted octanol–water partition coefficient (Wildman–Crippen LogP) is 3.83. The molecule has 0 radical (unpaired) electrons. The summed E-state index contributed by atoms with van der Waals surface area (Å²) in [6.07, 6.45) is 0.645. The topological polar surface area (TPSA) is 84.3 Å². The van der Waals surface area contributed by atoms with E-state index in [0.29, 0.717) is 41.6 Å². The lowest BCUT2D eigenvalue weighted by molar-refractivity contribution is -0.116. The molecule has 0 saturated heterocycles. The number of benzene rings is 2. The van der Waals surface area contributed by atoms with E-state index in [4.69, 9.17) is 11.6 Å². The van der Waals surface area contributed by atoms with Gasteiger partial charge in [0, 0.05) is 33.0 Å². The molecule has 1 heterocycles. The van der Waals surface area contributed by atoms with Gasteiger partial charge < -0.3 is 9.88 Å². The largest absolute Gasteiger partial charge is 0.331 e. The molecule has 0 spiro atoms. The average molecular weight is 449 g/mol. The standard InChI is InChI=1S/C21H25ClN4O3S/c1-4-26(5-2)30(28,29)15-10-11-19-18(14-15)23-20(25(19)3)12-13-21(27)24-17-9-7-6-8-16(17)22/h6-11,14H,4-5,12-13H2,1-3H3,(H,24,27). The van der Waals surface area contributed by atoms with E-state index in [0.717, 1.165) is 5.52 Å². The number of carbonyl (C=O) groups is 1. The number of fused-ring (bicyclic) bond motifs is 1. The number of nitrogens with one attached hydrogen (secondary N) is 1. The molecule has 0 aliphatic rings. The molecule has 3 aromatic rings. The summed E-state index contributed by atoms with van der Waals surface area (Å²) in [7, 11) is -1.70. The third-order valence-corrected chi connectivity index (χ3v) is 7.39. The third kappa shape index (κ3) is 4.50. The van der Waals surface area contributed by atoms with Crippen LogP contribution in [-0.4, -0.2) is 41.3 Å². The number of carbonyl (C=O) groups excluding carboxylic acids is 1. The molecule has 9 heteroatoms. The zero-order valence-electron chi connectivity index (χ0n) is 17.2. The summed E-state index contributed by atoms with van der Waals surface area (Å²) in [6.45, 7) is 4.44. The van der Waals surface area contributed by atoms with E-state index in [-0.39, 0.29) is 17.2 Å². The highest BCUT2D eigenvalue weighted by Crippen LogP contribution is 2.23. The molecule has 0 unspecified atom stereocenters. The first-order valence-electron chi connectivity index (χ1n) is 9.77. The Hall–Kier alpha value is -2.42. The average Bonchev–Trinajstić information content (AvgIpc) is 3.04. The Kier molecular flexibility index (Phi) is 6.80. The number of halogens is 1. The summed E-state index contributed by atoms with van der Waals surface area (Å²) >= 11 is 6.08. The van der Waals surface area contributed by atoms with Crippen LogP contribution in [0.5, 0.6) is 0 Å². The molecule has 0 atom stereocenters. The quantitative estimate of drug-likeness (QED) is 0.567. The van der Waals surface area contributed by atoms with E-state index in [2.05, 4.69) is 10.3 Å². The zero-order chi connectivity index (χ0) is 21.9. The molecule has 7 nitrogen and oxygen atoms in total. The van der Waals surface area contributed by atoms with Crippen molar-refractivity contribution in [1.82, 2.24) is 13.9 Å². The highest BCUT2D eigenvalue weighted by atomic mass is 35.5. The molecule has 0 fully saturated rings. The maximum absolute atomic E-state index is 12.8. The molecule has 1 amide bonds. The minimum Gasteiger partial charge on any atom is -0.331 e. The molecule has 160 valence electrons. The first-order chi connectivity index (χ1) is 14.3. The lowest BCUT2D eigenvalue weighted by Gasteiger charge is -2.18. The molecular weight excluding hydrogens is 424 g/mol. The highest BCUT2D eigenvalue weighted by Gasteiger charge is 2.22. The van der Waals surface area contributed by atoms with Crippen LogP contribution in [0.2, 0.25) is 5.02 Å². The van der Waals surface area contributed by atoms with Gasteiger partial charge in [-0.2, -0.15) is 4.31 Å². The van der Waals surface area contributed by atoms with Gasteiger partial charge in [-0.15, -0.1) is 0 Å². The minimum absolute atomic E-state index is 0.167. The lowest BCUT2D eigenvalue weighted by Crippen LogP contribution is -2.30. The fourth-order valence-electron chi connectivity index (χ4n) is 3.33. The van der Waals surface area contributed by atoms with Crippen molar-refractivity contribution in [3.63, 3.8) is 0 Å². The summed E-state index contributed by atoms with van der Waals surface area (Å²) in [4.78, 5) is 17.1. The van der Waals surface area contributed by atoms with E-state index in [9.17, 15) is 13.2 Å². The molecule has 0 aliphatic heterocycles. The smallest absolute Gasteiger partial charge is 0.243 e. The number of hydrogen-bond acceptors (Lipinski definition) is 4. The number of nitrogens with zero attached hydrogens (tertiary/aromatic N) is 3. The van der Waals surface area contributed by atoms with Crippen molar-refractivity contribution in [2.45, 2.75) is 31.6 Å². The van der Waals surface area contributed by atoms with Crippen LogP contribution in [0.3, 0.4) is 0 Å². The molecule has 0 aliphatic carbocycles. The van der Waals surface area contributed by atoms with Crippen LogP contribution in [0.25, 0.3) is 11.0 Å². The summed E-state index contributed by atoms with van der Waals surface area (Å²) in [5, 5.41) is 3.28. The van der Waals surface area contributed by atoms with Crippen LogP contribution < -0.4 is 5.32 Å². The summed E-state index contributed by atoms with van der Waals surface area (Å²) in [5.41, 5.74) is 1.97. The van der Waals surface area contributed by atoms with Crippen LogP contribution in [0, 0.1) is 0 Å². The lowest BCUT2D eigenvalue weighted by atomic mass is 10.2. The van der Waals surface area contributed by atoms with Crippen molar-refractivity contribution < 1.29 is 13.2 Å². The van der Waals surface area contributed by atoms with Gasteiger partial charge in [-0.1, -0.05) is 37.6 Å². The fourth-order valence-corrected chi connectivity index (χ4v) is 4.99. The van der Waals surface area contributed by atoms with Gasteiger partial charge in [0.15, 0.2) is 0 Å². The van der Waals surface area contributed by atoms with E-state index in [1.165, 1.54) is 4.31 Å². The third-order valence-electron chi connectivity index (χ3n) is 5.01. The Morgan fingerprint density at radius 2 is 1.87 bits per heavy atom. The zero-order valence-corrected chi connectivity index (χ0v) is 18.8. The molecule has 1 N–H and O–H groups in total. The van der Waals surface area contributed by atoms with Crippen LogP contribution in [0.4, 0.5) is 5.69 Å². The second kappa shape index (κ2) is 9.16. The Morgan fingerprint density at radius 1 is 1.17 bits per heavy atom. The Bertz CT molecular complexity index is 1170. The van der Waals surface area contributed by atoms with Crippen LogP contribution in [0.1, 0.15) is 26.1 Å². The summed E-state index contributed by atoms with van der Waals surface area (Å²) in [5.74, 6) is 0.539. The van der Waals surface area contributed by atoms with Crippen molar-refractivity contribution in [3.8, 4) is 0 Å². The van der Waals surface area contributed by atoms with Gasteiger partial charge in [0.25, 0.3) is 0 Å². The second-order valence-corrected chi connectivity index (χ2v) is 9.20. The number of hydrogen-bond donors (Lipinski definition) is 1. The monoisotopic (exact) mass is 448 g/mol. The number of amides is 1. The first kappa shape index (κ1) is 22.3. The number of para-hydroxylation sites is 1. The summed E-state index contributed by atoms with van der Waals surface area (Å²) < 4.78 is 28.8. The summed E-state index contributed by atoms with van der Waals surface area (Å²) in [6, 6.07) is 12.0. The maximum atomic E-state index is 12.8. The predicted molar refractivity (Wildman–Crippen MR) is 119 cm³/mol. The number of sulfonamides is 1. The van der Waals surface area contributed by atoms with Gasteiger partial charge in [-0.05, 0) is 30.3 Å². The fraction of sp³-hybridized carbons (Fsp3) is 0.333. The molecule has 1 aromatic heterocycles. The molecule has 30 heavy (non-hydrogen) atoms. The maximum Gasteiger partial charge on any atom is 0.243 e. The molecule has 2 aromatic carbocycles. The number of aryl methyl sites for hydroxylation is 2. The van der Waals surface area contributed by atoms with Crippen molar-refractivity contribution in [1.29, 1.82) is 0 Å². The van der Waals surface area contributed by atoms with Gasteiger partial charge in [-0.3, -0.25) is 4.79 Å². The first-order valence-corrected chi connectivity index (χ1v) is 11.6. The normalized spacial score (nSPS) is 11.9. The van der Waals surface area contributed by atoms with Crippen molar-refractivity contribution in [2.75, 3.05) is 18.4 Å². The van der Waals surface area contributed by atoms with E-state index >= 15 is 0 Å². The minimum atomic E-state index is -3.55. The Morgan fingerprint density at radius 3 is 2.53 bits per heavy atom. The van der Waals surface area contributed by atoms with Crippen LogP contribution in [-0.2, 0) is 28.3 Å². The van der Waals surface area contributed by atoms with Crippen LogP contribution >= 0.6 is 11.6 Å². The number of imidazole rings is 1. The van der Waals surface area contributed by atoms with Crippen molar-refractivity contribution in [2.24, 2.45) is 7.05 Å². The number of anilines is 1. The van der Waals surface area contributed by atoms with Gasteiger partial charge in [0.05, 0.1) is 26.6 Å². The molecular formula is C21H25ClN4O3S. The molecule has 3 rings (SSSR count). The van der Waals surface area contributed by atoms with Crippen molar-refractivity contribution >= 4 is 44.3 Å². The second-order valence-electron chi connectivity index (χ2n) is 6.85. The van der Waals surface area contributed by atoms with Crippen molar-refractivity contribution in [3.05, 3.63) is 53.3 Å². The van der Waals surface area contributed by atoms with Gasteiger partial charge in [0.1, 0.15) is 5.82 Å². The Labute approximate surface area is 181 Å². The van der Waals surface area contributed by atoms with Crippen LogP contribution in [0.15, 0.2) is 47.4 Å². The highest BCUT2D eigenvalue weighted by molar-refractivity contribution is 7.89. The Balaban J connectivity index is 1.78. The SMILES string of the molecule is CCN(CC)S(=O)(=O)c1ccc2c(c1)nc(CCC(=O)Nc1ccccc1Cl)n2C. The number of aromatic nitrogens is 2. The molecule has 0 bridgehead atoms. The molecule has 0 saturated carbocycles. The van der Waals surface area contributed by atoms with E-state index in [1.807, 2.05) is 25.5 Å².